The first kappa shape index (κ1) is 32.9. The summed E-state index contributed by atoms with van der Waals surface area (Å²) < 4.78 is 41.6. The molecule has 3 aromatic rings. The minimum Gasteiger partial charge on any atom is -0.493 e. The molecule has 10 nitrogen and oxygen atoms in total. The number of ketones is 1. The van der Waals surface area contributed by atoms with Gasteiger partial charge in [-0.2, -0.15) is 4.31 Å². The largest absolute Gasteiger partial charge is 0.493 e. The van der Waals surface area contributed by atoms with Crippen molar-refractivity contribution < 1.29 is 32.3 Å². The van der Waals surface area contributed by atoms with E-state index in [1.54, 1.807) is 42.8 Å². The quantitative estimate of drug-likeness (QED) is 0.198. The van der Waals surface area contributed by atoms with E-state index in [9.17, 15) is 22.8 Å². The highest BCUT2D eigenvalue weighted by Gasteiger charge is 2.31. The number of piperidine rings is 1. The molecule has 0 aliphatic carbocycles. The van der Waals surface area contributed by atoms with Crippen LogP contribution in [0.15, 0.2) is 59.6 Å². The second-order valence-corrected chi connectivity index (χ2v) is 12.9. The SMILES string of the molecule is CCCc1cn(C)c(C(C)=O)c1NC(=O)c1cc(S(=O)(=O)N2CCC(CCOC(=O)c3ccccc3)CC2)ccc1OCC. The molecule has 0 saturated carbocycles. The van der Waals surface area contributed by atoms with Gasteiger partial charge >= 0.3 is 5.97 Å². The predicted molar refractivity (Wildman–Crippen MR) is 168 cm³/mol. The minimum atomic E-state index is -3.90. The van der Waals surface area contributed by atoms with Gasteiger partial charge in [-0.05, 0) is 74.4 Å². The number of aryl methyl sites for hydroxylation is 2. The van der Waals surface area contributed by atoms with Gasteiger partial charge < -0.3 is 19.4 Å². The number of hydrogen-bond acceptors (Lipinski definition) is 7. The molecule has 44 heavy (non-hydrogen) atoms. The van der Waals surface area contributed by atoms with Crippen LogP contribution in [-0.2, 0) is 28.2 Å². The van der Waals surface area contributed by atoms with Gasteiger partial charge in [-0.15, -0.1) is 0 Å². The summed E-state index contributed by atoms with van der Waals surface area (Å²) in [5.74, 6) is -0.632. The lowest BCUT2D eigenvalue weighted by atomic mass is 9.95. The van der Waals surface area contributed by atoms with Crippen LogP contribution >= 0.6 is 0 Å². The van der Waals surface area contributed by atoms with E-state index >= 15 is 0 Å². The summed E-state index contributed by atoms with van der Waals surface area (Å²) in [6.45, 7) is 6.43. The molecular formula is C33H41N3O7S. The molecule has 1 N–H and O–H groups in total. The zero-order valence-corrected chi connectivity index (χ0v) is 26.6. The van der Waals surface area contributed by atoms with Crippen LogP contribution < -0.4 is 10.1 Å². The van der Waals surface area contributed by atoms with Gasteiger partial charge in [0.25, 0.3) is 5.91 Å². The summed E-state index contributed by atoms with van der Waals surface area (Å²) in [7, 11) is -2.14. The second-order valence-electron chi connectivity index (χ2n) is 11.0. The Bertz CT molecular complexity index is 1590. The zero-order chi connectivity index (χ0) is 31.9. The molecule has 2 aromatic carbocycles. The van der Waals surface area contributed by atoms with Crippen molar-refractivity contribution in [1.82, 2.24) is 8.87 Å². The first-order chi connectivity index (χ1) is 21.1. The van der Waals surface area contributed by atoms with Crippen LogP contribution in [0.4, 0.5) is 5.69 Å². The van der Waals surface area contributed by atoms with Gasteiger partial charge in [0.2, 0.25) is 10.0 Å². The minimum absolute atomic E-state index is 0.00465. The fraction of sp³-hybridized carbons (Fsp3) is 0.424. The molecule has 0 unspecified atom stereocenters. The summed E-state index contributed by atoms with van der Waals surface area (Å²) in [5.41, 5.74) is 2.21. The Morgan fingerprint density at radius 1 is 1.02 bits per heavy atom. The number of anilines is 1. The Labute approximate surface area is 259 Å². The molecule has 1 aliphatic heterocycles. The molecule has 236 valence electrons. The van der Waals surface area contributed by atoms with E-state index in [0.717, 1.165) is 12.0 Å². The third-order valence-electron chi connectivity index (χ3n) is 7.83. The summed E-state index contributed by atoms with van der Waals surface area (Å²) >= 11 is 0. The number of amides is 1. The van der Waals surface area contributed by atoms with E-state index in [4.69, 9.17) is 9.47 Å². The molecule has 1 amide bonds. The summed E-state index contributed by atoms with van der Waals surface area (Å²) in [5, 5.41) is 2.88. The number of hydrogen-bond donors (Lipinski definition) is 1. The van der Waals surface area contributed by atoms with E-state index in [2.05, 4.69) is 5.32 Å². The van der Waals surface area contributed by atoms with Crippen molar-refractivity contribution in [1.29, 1.82) is 0 Å². The van der Waals surface area contributed by atoms with Gasteiger partial charge in [0.15, 0.2) is 5.78 Å². The molecule has 4 rings (SSSR count). The molecule has 0 spiro atoms. The zero-order valence-electron chi connectivity index (χ0n) is 25.8. The number of carbonyl (C=O) groups is 3. The average molecular weight is 624 g/mol. The highest BCUT2D eigenvalue weighted by molar-refractivity contribution is 7.89. The van der Waals surface area contributed by atoms with Gasteiger partial charge in [0.1, 0.15) is 11.4 Å². The lowest BCUT2D eigenvalue weighted by Crippen LogP contribution is -2.38. The Hall–Kier alpha value is -3.96. The number of nitrogens with zero attached hydrogens (tertiary/aromatic N) is 2. The van der Waals surface area contributed by atoms with Gasteiger partial charge in [0, 0.05) is 33.3 Å². The number of ether oxygens (including phenoxy) is 2. The van der Waals surface area contributed by atoms with Crippen molar-refractivity contribution in [3.05, 3.63) is 77.1 Å². The summed E-state index contributed by atoms with van der Waals surface area (Å²) in [4.78, 5) is 38.2. The van der Waals surface area contributed by atoms with Crippen LogP contribution in [0.25, 0.3) is 0 Å². The summed E-state index contributed by atoms with van der Waals surface area (Å²) in [6.07, 6.45) is 5.23. The van der Waals surface area contributed by atoms with Crippen LogP contribution in [0.5, 0.6) is 5.75 Å². The number of esters is 1. The molecule has 2 heterocycles. The number of benzene rings is 2. The predicted octanol–water partition coefficient (Wildman–Crippen LogP) is 5.48. The molecule has 1 aliphatic rings. The molecule has 1 aromatic heterocycles. The number of carbonyl (C=O) groups excluding carboxylic acids is 3. The van der Waals surface area contributed by atoms with Crippen molar-refractivity contribution in [2.24, 2.45) is 13.0 Å². The Morgan fingerprint density at radius 2 is 1.73 bits per heavy atom. The number of sulfonamides is 1. The first-order valence-electron chi connectivity index (χ1n) is 15.1. The number of rotatable bonds is 13. The Balaban J connectivity index is 1.46. The monoisotopic (exact) mass is 623 g/mol. The topological polar surface area (TPSA) is 124 Å². The fourth-order valence-corrected chi connectivity index (χ4v) is 7.08. The maximum absolute atomic E-state index is 13.7. The number of aromatic nitrogens is 1. The summed E-state index contributed by atoms with van der Waals surface area (Å²) in [6, 6.07) is 13.1. The molecule has 0 radical (unpaired) electrons. The van der Waals surface area contributed by atoms with E-state index in [-0.39, 0.29) is 47.1 Å². The number of Topliss-reactive ketones (excluding diaryl/α,β-unsaturated/α-hetero) is 1. The highest BCUT2D eigenvalue weighted by atomic mass is 32.2. The maximum atomic E-state index is 13.7. The normalized spacial score (nSPS) is 14.3. The van der Waals surface area contributed by atoms with Gasteiger partial charge in [-0.3, -0.25) is 9.59 Å². The average Bonchev–Trinajstić information content (AvgIpc) is 3.32. The molecule has 1 saturated heterocycles. The van der Waals surface area contributed by atoms with Crippen molar-refractivity contribution in [2.45, 2.75) is 57.8 Å². The lowest BCUT2D eigenvalue weighted by Gasteiger charge is -2.31. The number of nitrogens with one attached hydrogen (secondary N) is 1. The Kier molecular flexibility index (Phi) is 11.0. The third kappa shape index (κ3) is 7.57. The van der Waals surface area contributed by atoms with Crippen LogP contribution in [-0.4, -0.2) is 61.3 Å². The lowest BCUT2D eigenvalue weighted by molar-refractivity contribution is 0.0472. The standard InChI is InChI=1S/C33H41N3O7S/c1-5-10-26-22-35(4)31(23(3)37)30(26)34-32(38)28-21-27(13-14-29(28)42-6-2)44(40,41)36-18-15-24(16-19-36)17-20-43-33(39)25-11-8-7-9-12-25/h7-9,11-14,21-22,24H,5-6,10,15-20H2,1-4H3,(H,34,38). The maximum Gasteiger partial charge on any atom is 0.338 e. The van der Waals surface area contributed by atoms with E-state index in [1.165, 1.54) is 29.4 Å². The molecule has 1 fully saturated rings. The molecule has 0 atom stereocenters. The van der Waals surface area contributed by atoms with Gasteiger partial charge in [0.05, 0.1) is 34.9 Å². The smallest absolute Gasteiger partial charge is 0.338 e. The molecule has 0 bridgehead atoms. The molecule has 11 heteroatoms. The van der Waals surface area contributed by atoms with Crippen LogP contribution in [0.2, 0.25) is 0 Å². The molecular weight excluding hydrogens is 582 g/mol. The second kappa shape index (κ2) is 14.7. The van der Waals surface area contributed by atoms with Gasteiger partial charge in [-0.1, -0.05) is 31.5 Å². The first-order valence-corrected chi connectivity index (χ1v) is 16.5. The van der Waals surface area contributed by atoms with E-state index < -0.39 is 15.9 Å². The highest BCUT2D eigenvalue weighted by Crippen LogP contribution is 2.31. The van der Waals surface area contributed by atoms with E-state index in [1.807, 2.05) is 19.2 Å². The van der Waals surface area contributed by atoms with Crippen molar-refractivity contribution >= 4 is 33.4 Å². The van der Waals surface area contributed by atoms with E-state index in [0.29, 0.717) is 55.7 Å². The fourth-order valence-electron chi connectivity index (χ4n) is 5.59. The van der Waals surface area contributed by atoms with Gasteiger partial charge in [-0.25, -0.2) is 13.2 Å². The van der Waals surface area contributed by atoms with Crippen molar-refractivity contribution in [3.63, 3.8) is 0 Å². The van der Waals surface area contributed by atoms with Crippen LogP contribution in [0.1, 0.15) is 83.2 Å². The van der Waals surface area contributed by atoms with Crippen LogP contribution in [0.3, 0.4) is 0 Å². The van der Waals surface area contributed by atoms with Crippen molar-refractivity contribution in [3.8, 4) is 5.75 Å². The van der Waals surface area contributed by atoms with Crippen LogP contribution in [0, 0.1) is 5.92 Å². The van der Waals surface area contributed by atoms with Crippen molar-refractivity contribution in [2.75, 3.05) is 31.6 Å². The third-order valence-corrected chi connectivity index (χ3v) is 9.72. The Morgan fingerprint density at radius 3 is 2.36 bits per heavy atom.